The summed E-state index contributed by atoms with van der Waals surface area (Å²) in [5.74, 6) is -1.99. The number of carbonyl (C=O) groups is 3. The summed E-state index contributed by atoms with van der Waals surface area (Å²) in [5, 5.41) is 0.0214. The third-order valence-electron chi connectivity index (χ3n) is 4.95. The van der Waals surface area contributed by atoms with E-state index in [1.807, 2.05) is 0 Å². The minimum atomic E-state index is -1.12. The number of esters is 3. The number of hydrogen-bond acceptors (Lipinski definition) is 11. The number of nitrogens with zero attached hydrogens (tertiary/aromatic N) is 4. The number of nitrogens with two attached hydrogens (primary N) is 1. The molecule has 1 aliphatic rings. The van der Waals surface area contributed by atoms with Crippen LogP contribution in [0.5, 0.6) is 0 Å². The van der Waals surface area contributed by atoms with Gasteiger partial charge in [-0.3, -0.25) is 14.2 Å². The molecule has 0 spiro atoms. The van der Waals surface area contributed by atoms with Crippen LogP contribution in [-0.2, 0) is 28.5 Å². The van der Waals surface area contributed by atoms with Crippen LogP contribution in [0, 0.1) is 0 Å². The second-order valence-corrected chi connectivity index (χ2v) is 7.73. The molecule has 1 saturated heterocycles. The predicted octanol–water partition coefficient (Wildman–Crippen LogP) is 1.68. The van der Waals surface area contributed by atoms with Gasteiger partial charge in [0.15, 0.2) is 29.2 Å². The molecule has 0 aliphatic carbocycles. The quantitative estimate of drug-likeness (QED) is 0.305. The Labute approximate surface area is 197 Å². The Balaban J connectivity index is 1.66. The number of halogens is 1. The maximum absolute atomic E-state index is 12.4. The number of nitrogen functional groups attached to an aromatic ring is 1. The van der Waals surface area contributed by atoms with Gasteiger partial charge >= 0.3 is 17.9 Å². The van der Waals surface area contributed by atoms with Gasteiger partial charge in [-0.15, -0.1) is 0 Å². The lowest BCUT2D eigenvalue weighted by atomic mass is 10.1. The highest BCUT2D eigenvalue weighted by Gasteiger charge is 2.51. The minimum Gasteiger partial charge on any atom is -0.459 e. The number of fused-ring (bicyclic) bond motifs is 1. The van der Waals surface area contributed by atoms with Gasteiger partial charge in [0.25, 0.3) is 0 Å². The highest BCUT2D eigenvalue weighted by Crippen LogP contribution is 2.36. The molecule has 0 saturated carbocycles. The fraction of sp³-hybridized carbons (Fsp3) is 0.333. The number of rotatable bonds is 6. The van der Waals surface area contributed by atoms with E-state index in [9.17, 15) is 14.4 Å². The Kier molecular flexibility index (Phi) is 6.61. The summed E-state index contributed by atoms with van der Waals surface area (Å²) < 4.78 is 23.7. The Hall–Kier alpha value is -3.77. The third-order valence-corrected chi connectivity index (χ3v) is 5.21. The fourth-order valence-corrected chi connectivity index (χ4v) is 3.84. The maximum Gasteiger partial charge on any atom is 0.338 e. The van der Waals surface area contributed by atoms with Gasteiger partial charge in [0.05, 0.1) is 11.9 Å². The number of anilines is 1. The molecule has 1 aliphatic heterocycles. The van der Waals surface area contributed by atoms with E-state index < -0.39 is 42.4 Å². The molecule has 0 bridgehead atoms. The molecule has 2 N–H and O–H groups in total. The molecule has 12 nitrogen and oxygen atoms in total. The van der Waals surface area contributed by atoms with E-state index in [1.54, 1.807) is 30.3 Å². The van der Waals surface area contributed by atoms with Gasteiger partial charge in [0.1, 0.15) is 18.2 Å². The molecular formula is C21H20ClN5O7. The van der Waals surface area contributed by atoms with Gasteiger partial charge in [-0.05, 0) is 12.1 Å². The average Bonchev–Trinajstić information content (AvgIpc) is 3.34. The van der Waals surface area contributed by atoms with Gasteiger partial charge in [-0.2, -0.15) is 9.97 Å². The maximum atomic E-state index is 12.4. The van der Waals surface area contributed by atoms with Crippen molar-refractivity contribution in [3.63, 3.8) is 0 Å². The molecule has 13 heteroatoms. The van der Waals surface area contributed by atoms with Crippen molar-refractivity contribution in [2.45, 2.75) is 38.4 Å². The predicted molar refractivity (Wildman–Crippen MR) is 116 cm³/mol. The van der Waals surface area contributed by atoms with Crippen molar-refractivity contribution in [1.82, 2.24) is 19.5 Å². The summed E-state index contributed by atoms with van der Waals surface area (Å²) in [6.07, 6.45) is -2.88. The molecule has 0 amide bonds. The van der Waals surface area contributed by atoms with Crippen molar-refractivity contribution in [3.05, 3.63) is 47.4 Å². The van der Waals surface area contributed by atoms with E-state index in [0.29, 0.717) is 5.56 Å². The molecule has 2 unspecified atom stereocenters. The standard InChI is InChI=1S/C21H20ClN5O7/c1-10(28)32-15-13(8-31-20(30)12-6-4-3-5-7-12)34-19(16(15)33-11(2)29)27-9-24-14-17(22)25-21(23)26-18(14)27/h3-7,9,13,15-16,19H,8H2,1-2H3,(H2,23,25,26)/t13?,15?,16-,19+/m0/s1. The molecule has 34 heavy (non-hydrogen) atoms. The van der Waals surface area contributed by atoms with Gasteiger partial charge in [-0.1, -0.05) is 29.8 Å². The van der Waals surface area contributed by atoms with Gasteiger partial charge in [-0.25, -0.2) is 9.78 Å². The number of ether oxygens (including phenoxy) is 4. The minimum absolute atomic E-state index is 0.0214. The highest BCUT2D eigenvalue weighted by molar-refractivity contribution is 6.33. The summed E-state index contributed by atoms with van der Waals surface area (Å²) in [7, 11) is 0. The van der Waals surface area contributed by atoms with Crippen LogP contribution in [0.2, 0.25) is 5.15 Å². The highest BCUT2D eigenvalue weighted by atomic mass is 35.5. The average molecular weight is 490 g/mol. The molecule has 4 atom stereocenters. The number of hydrogen-bond donors (Lipinski definition) is 1. The van der Waals surface area contributed by atoms with Crippen LogP contribution in [0.4, 0.5) is 5.95 Å². The van der Waals surface area contributed by atoms with Crippen LogP contribution in [0.1, 0.15) is 30.4 Å². The lowest BCUT2D eigenvalue weighted by molar-refractivity contribution is -0.165. The second kappa shape index (κ2) is 9.61. The van der Waals surface area contributed by atoms with Crippen molar-refractivity contribution in [1.29, 1.82) is 0 Å². The van der Waals surface area contributed by atoms with Crippen LogP contribution in [0.3, 0.4) is 0 Å². The Morgan fingerprint density at radius 2 is 1.76 bits per heavy atom. The number of aromatic nitrogens is 4. The van der Waals surface area contributed by atoms with Gasteiger partial charge in [0, 0.05) is 13.8 Å². The molecule has 3 aromatic rings. The molecule has 3 heterocycles. The number of carbonyl (C=O) groups excluding carboxylic acids is 3. The first-order valence-corrected chi connectivity index (χ1v) is 10.5. The van der Waals surface area contributed by atoms with E-state index in [2.05, 4.69) is 15.0 Å². The summed E-state index contributed by atoms with van der Waals surface area (Å²) in [5.41, 5.74) is 6.51. The zero-order valence-corrected chi connectivity index (χ0v) is 18.8. The number of imidazole rings is 1. The molecule has 1 aromatic carbocycles. The smallest absolute Gasteiger partial charge is 0.338 e. The molecular weight excluding hydrogens is 470 g/mol. The Bertz CT molecular complexity index is 1230. The van der Waals surface area contributed by atoms with Crippen LogP contribution in [0.15, 0.2) is 36.7 Å². The summed E-state index contributed by atoms with van der Waals surface area (Å²) in [6.45, 7) is 2.11. The van der Waals surface area contributed by atoms with Crippen LogP contribution in [-0.4, -0.2) is 62.3 Å². The zero-order valence-electron chi connectivity index (χ0n) is 18.1. The van der Waals surface area contributed by atoms with Gasteiger partial charge in [0.2, 0.25) is 5.95 Å². The van der Waals surface area contributed by atoms with Gasteiger partial charge < -0.3 is 24.7 Å². The molecule has 0 radical (unpaired) electrons. The van der Waals surface area contributed by atoms with E-state index in [-0.39, 0.29) is 28.9 Å². The summed E-state index contributed by atoms with van der Waals surface area (Å²) in [4.78, 5) is 48.3. The monoisotopic (exact) mass is 489 g/mol. The fourth-order valence-electron chi connectivity index (χ4n) is 3.62. The first-order chi connectivity index (χ1) is 16.2. The van der Waals surface area contributed by atoms with Crippen molar-refractivity contribution < 1.29 is 33.3 Å². The molecule has 4 rings (SSSR count). The summed E-state index contributed by atoms with van der Waals surface area (Å²) in [6, 6.07) is 8.34. The Morgan fingerprint density at radius 3 is 2.44 bits per heavy atom. The number of benzene rings is 1. The van der Waals surface area contributed by atoms with Crippen molar-refractivity contribution in [2.75, 3.05) is 12.3 Å². The van der Waals surface area contributed by atoms with Crippen molar-refractivity contribution in [2.24, 2.45) is 0 Å². The molecule has 178 valence electrons. The third kappa shape index (κ3) is 4.77. The van der Waals surface area contributed by atoms with Crippen LogP contribution >= 0.6 is 11.6 Å². The van der Waals surface area contributed by atoms with Crippen molar-refractivity contribution >= 4 is 46.6 Å². The Morgan fingerprint density at radius 1 is 1.09 bits per heavy atom. The normalized spacial score (nSPS) is 21.9. The van der Waals surface area contributed by atoms with Crippen LogP contribution in [0.25, 0.3) is 11.2 Å². The lowest BCUT2D eigenvalue weighted by Crippen LogP contribution is -2.40. The molecule has 2 aromatic heterocycles. The second-order valence-electron chi connectivity index (χ2n) is 7.37. The first kappa shape index (κ1) is 23.4. The SMILES string of the molecule is CC(=O)OC1C(COC(=O)c2ccccc2)O[C@@H](n2cnc3c(Cl)nc(N)nc32)[C@H]1OC(C)=O. The lowest BCUT2D eigenvalue weighted by Gasteiger charge is -2.23. The van der Waals surface area contributed by atoms with E-state index in [0.717, 1.165) is 0 Å². The molecule has 1 fully saturated rings. The zero-order chi connectivity index (χ0) is 24.4. The first-order valence-electron chi connectivity index (χ1n) is 10.1. The van der Waals surface area contributed by atoms with Crippen LogP contribution < -0.4 is 5.73 Å². The summed E-state index contributed by atoms with van der Waals surface area (Å²) >= 11 is 6.11. The topological polar surface area (TPSA) is 158 Å². The van der Waals surface area contributed by atoms with E-state index in [1.165, 1.54) is 24.7 Å². The van der Waals surface area contributed by atoms with Crippen molar-refractivity contribution in [3.8, 4) is 0 Å². The van der Waals surface area contributed by atoms with E-state index >= 15 is 0 Å². The van der Waals surface area contributed by atoms with E-state index in [4.69, 9.17) is 36.3 Å². The largest absolute Gasteiger partial charge is 0.459 e.